The van der Waals surface area contributed by atoms with Crippen LogP contribution in [-0.4, -0.2) is 30.9 Å². The molecule has 0 fully saturated rings. The topological polar surface area (TPSA) is 52.9 Å². The zero-order valence-electron chi connectivity index (χ0n) is 16.5. The number of aliphatic imine (C=N–C) groups is 1. The van der Waals surface area contributed by atoms with E-state index >= 15 is 0 Å². The number of anilines is 1. The van der Waals surface area contributed by atoms with Gasteiger partial charge >= 0.3 is 5.97 Å². The van der Waals surface area contributed by atoms with Crippen molar-refractivity contribution in [3.05, 3.63) is 41.7 Å². The Balaban J connectivity index is 2.47. The molecule has 1 atom stereocenters. The Bertz CT molecular complexity index is 808. The minimum atomic E-state index is -1.46. The number of carboxylic acid groups (broad SMARTS) is 1. The molecule has 0 aromatic heterocycles. The normalized spacial score (nSPS) is 17.0. The Labute approximate surface area is 157 Å². The van der Waals surface area contributed by atoms with Gasteiger partial charge in [-0.1, -0.05) is 39.4 Å². The van der Waals surface area contributed by atoms with Crippen LogP contribution in [0.5, 0.6) is 0 Å². The molecule has 0 amide bonds. The van der Waals surface area contributed by atoms with E-state index in [0.29, 0.717) is 11.6 Å². The van der Waals surface area contributed by atoms with Gasteiger partial charge in [0.2, 0.25) is 0 Å². The van der Waals surface area contributed by atoms with Crippen molar-refractivity contribution in [3.63, 3.8) is 0 Å². The van der Waals surface area contributed by atoms with Crippen molar-refractivity contribution in [1.82, 2.24) is 0 Å². The van der Waals surface area contributed by atoms with E-state index in [2.05, 4.69) is 56.0 Å². The van der Waals surface area contributed by atoms with Crippen LogP contribution in [-0.2, 0) is 11.2 Å². The number of rotatable bonds is 4. The highest BCUT2D eigenvalue weighted by Crippen LogP contribution is 2.26. The number of nitrogens with zero attached hydrogens (tertiary/aromatic N) is 2. The molecule has 1 N–H and O–H groups in total. The lowest BCUT2D eigenvalue weighted by Crippen LogP contribution is -2.44. The van der Waals surface area contributed by atoms with Gasteiger partial charge in [0, 0.05) is 29.4 Å². The average Bonchev–Trinajstić information content (AvgIpc) is 2.51. The van der Waals surface area contributed by atoms with Gasteiger partial charge in [-0.05, 0) is 43.0 Å². The molecule has 1 unspecified atom stereocenters. The Morgan fingerprint density at radius 3 is 2.62 bits per heavy atom. The second-order valence-corrected chi connectivity index (χ2v) is 12.9. The summed E-state index contributed by atoms with van der Waals surface area (Å²) in [6.45, 7) is 12.8. The molecular weight excluding hydrogens is 340 g/mol. The van der Waals surface area contributed by atoms with Gasteiger partial charge in [0.25, 0.3) is 0 Å². The summed E-state index contributed by atoms with van der Waals surface area (Å²) < 4.78 is 0. The molecule has 0 saturated carbocycles. The van der Waals surface area contributed by atoms with Gasteiger partial charge in [0.05, 0.1) is 0 Å². The van der Waals surface area contributed by atoms with Gasteiger partial charge in [-0.2, -0.15) is 0 Å². The second kappa shape index (κ2) is 7.92. The minimum Gasteiger partial charge on any atom is -0.479 e. The summed E-state index contributed by atoms with van der Waals surface area (Å²) in [6, 6.07) is 5.28. The first-order valence-corrected chi connectivity index (χ1v) is 12.5. The van der Waals surface area contributed by atoms with Crippen LogP contribution in [0.4, 0.5) is 5.69 Å². The van der Waals surface area contributed by atoms with E-state index in [9.17, 15) is 9.90 Å². The Kier molecular flexibility index (Phi) is 6.09. The first kappa shape index (κ1) is 20.0. The largest absolute Gasteiger partial charge is 0.479 e. The van der Waals surface area contributed by atoms with Crippen LogP contribution in [0.1, 0.15) is 31.9 Å². The molecule has 1 aliphatic heterocycles. The number of hydrogen-bond donors (Lipinski definition) is 1. The summed E-state index contributed by atoms with van der Waals surface area (Å²) in [5, 5.41) is 9.61. The lowest BCUT2D eigenvalue weighted by Gasteiger charge is -2.30. The van der Waals surface area contributed by atoms with Crippen molar-refractivity contribution in [1.29, 1.82) is 0 Å². The van der Waals surface area contributed by atoms with E-state index in [4.69, 9.17) is 0 Å². The third-order valence-electron chi connectivity index (χ3n) is 4.00. The molecule has 0 spiro atoms. The molecule has 138 valence electrons. The molecule has 2 rings (SSSR count). The first-order chi connectivity index (χ1) is 12.1. The predicted octanol–water partition coefficient (Wildman–Crippen LogP) is 4.32. The fourth-order valence-electron chi connectivity index (χ4n) is 2.84. The van der Waals surface area contributed by atoms with Crippen LogP contribution < -0.4 is 4.90 Å². The van der Waals surface area contributed by atoms with Crippen molar-refractivity contribution in [2.24, 2.45) is 10.9 Å². The third-order valence-corrected chi connectivity index (χ3v) is 4.88. The fourth-order valence-corrected chi connectivity index (χ4v) is 3.35. The maximum Gasteiger partial charge on any atom is 0.332 e. The van der Waals surface area contributed by atoms with E-state index in [1.807, 2.05) is 12.1 Å². The quantitative estimate of drug-likeness (QED) is 0.636. The van der Waals surface area contributed by atoms with Crippen LogP contribution in [0, 0.1) is 17.4 Å². The highest BCUT2D eigenvalue weighted by molar-refractivity contribution is 6.83. The average molecular weight is 369 g/mol. The van der Waals surface area contributed by atoms with Crippen LogP contribution in [0.25, 0.3) is 0 Å². The van der Waals surface area contributed by atoms with Crippen LogP contribution in [0.15, 0.2) is 35.6 Å². The molecule has 5 heteroatoms. The SMILES string of the molecule is CC1=NC=CN(c2ccc(C#C[Si](C)(C)C)c(CC(C)C)c2)C1C(=O)O. The van der Waals surface area contributed by atoms with Gasteiger partial charge in [0.15, 0.2) is 6.04 Å². The first-order valence-electron chi connectivity index (χ1n) is 8.96. The summed E-state index contributed by atoms with van der Waals surface area (Å²) >= 11 is 0. The standard InChI is InChI=1S/C21H28N2O2Si/c1-15(2)13-18-14-19(8-7-17(18)9-12-26(4,5)6)23-11-10-22-16(3)20(23)21(24)25/h7-8,10-11,14-15,20H,13H2,1-6H3,(H,24,25). The van der Waals surface area contributed by atoms with Crippen LogP contribution >= 0.6 is 0 Å². The monoisotopic (exact) mass is 368 g/mol. The lowest BCUT2D eigenvalue weighted by atomic mass is 9.97. The Hall–Kier alpha value is -2.32. The van der Waals surface area contributed by atoms with Crippen molar-refractivity contribution >= 4 is 25.4 Å². The van der Waals surface area contributed by atoms with Crippen molar-refractivity contribution < 1.29 is 9.90 Å². The predicted molar refractivity (Wildman–Crippen MR) is 111 cm³/mol. The molecule has 0 bridgehead atoms. The van der Waals surface area contributed by atoms with Gasteiger partial charge in [-0.25, -0.2) is 4.79 Å². The highest BCUT2D eigenvalue weighted by atomic mass is 28.3. The van der Waals surface area contributed by atoms with E-state index in [0.717, 1.165) is 17.7 Å². The maximum absolute atomic E-state index is 11.7. The highest BCUT2D eigenvalue weighted by Gasteiger charge is 2.29. The lowest BCUT2D eigenvalue weighted by molar-refractivity contribution is -0.136. The van der Waals surface area contributed by atoms with Gasteiger partial charge < -0.3 is 10.0 Å². The number of hydrogen-bond acceptors (Lipinski definition) is 3. The summed E-state index contributed by atoms with van der Waals surface area (Å²) in [6.07, 6.45) is 4.29. The summed E-state index contributed by atoms with van der Waals surface area (Å²) in [5.74, 6) is 2.96. The second-order valence-electron chi connectivity index (χ2n) is 8.16. The van der Waals surface area contributed by atoms with E-state index in [1.54, 1.807) is 24.2 Å². The van der Waals surface area contributed by atoms with Gasteiger partial charge in [-0.15, -0.1) is 5.54 Å². The number of aliphatic carboxylic acids is 1. The zero-order chi connectivity index (χ0) is 19.5. The number of benzene rings is 1. The van der Waals surface area contributed by atoms with E-state index < -0.39 is 20.1 Å². The van der Waals surface area contributed by atoms with Crippen LogP contribution in [0.2, 0.25) is 19.6 Å². The maximum atomic E-state index is 11.7. The van der Waals surface area contributed by atoms with Gasteiger partial charge in [0.1, 0.15) is 8.07 Å². The molecule has 1 aromatic rings. The molecule has 1 aliphatic rings. The smallest absolute Gasteiger partial charge is 0.332 e. The molecule has 4 nitrogen and oxygen atoms in total. The number of carboxylic acids is 1. The molecule has 1 heterocycles. The van der Waals surface area contributed by atoms with Crippen molar-refractivity contribution in [3.8, 4) is 11.5 Å². The molecular formula is C21H28N2O2Si. The van der Waals surface area contributed by atoms with Crippen molar-refractivity contribution in [2.45, 2.75) is 52.9 Å². The molecule has 1 aromatic carbocycles. The summed E-state index contributed by atoms with van der Waals surface area (Å²) in [7, 11) is -1.46. The molecule has 0 radical (unpaired) electrons. The fraction of sp³-hybridized carbons (Fsp3) is 0.429. The Morgan fingerprint density at radius 1 is 1.35 bits per heavy atom. The minimum absolute atomic E-state index is 0.494. The Morgan fingerprint density at radius 2 is 2.04 bits per heavy atom. The molecule has 26 heavy (non-hydrogen) atoms. The number of carbonyl (C=O) groups is 1. The molecule has 0 saturated heterocycles. The van der Waals surface area contributed by atoms with E-state index in [1.165, 1.54) is 5.56 Å². The van der Waals surface area contributed by atoms with Crippen LogP contribution in [0.3, 0.4) is 0 Å². The zero-order valence-corrected chi connectivity index (χ0v) is 17.5. The summed E-state index contributed by atoms with van der Waals surface area (Å²) in [4.78, 5) is 17.6. The third kappa shape index (κ3) is 5.09. The molecule has 0 aliphatic carbocycles. The summed E-state index contributed by atoms with van der Waals surface area (Å²) in [5.41, 5.74) is 7.08. The van der Waals surface area contributed by atoms with Crippen molar-refractivity contribution in [2.75, 3.05) is 4.90 Å². The van der Waals surface area contributed by atoms with E-state index in [-0.39, 0.29) is 0 Å². The van der Waals surface area contributed by atoms with Gasteiger partial charge in [-0.3, -0.25) is 4.99 Å².